The minimum absolute atomic E-state index is 0.195. The van der Waals surface area contributed by atoms with Crippen LogP contribution in [0.15, 0.2) is 78.1 Å². The molecule has 5 unspecified atom stereocenters. The predicted octanol–water partition coefficient (Wildman–Crippen LogP) is 5.32. The average molecular weight is 659 g/mol. The first-order chi connectivity index (χ1) is 23.4. The lowest BCUT2D eigenvalue weighted by Crippen LogP contribution is -2.46. The molecule has 3 heterocycles. The van der Waals surface area contributed by atoms with Gasteiger partial charge in [-0.25, -0.2) is 0 Å². The minimum Gasteiger partial charge on any atom is -0.508 e. The van der Waals surface area contributed by atoms with Crippen molar-refractivity contribution < 1.29 is 38.6 Å². The highest BCUT2D eigenvalue weighted by atomic mass is 16.5. The Labute approximate surface area is 282 Å². The second kappa shape index (κ2) is 15.2. The van der Waals surface area contributed by atoms with E-state index in [2.05, 4.69) is 11.4 Å². The molecule has 0 fully saturated rings. The maximum atomic E-state index is 12.3. The molecule has 0 amide bonds. The average Bonchev–Trinajstić information content (AvgIpc) is 3.09. The van der Waals surface area contributed by atoms with E-state index in [1.807, 2.05) is 48.5 Å². The molecule has 5 atom stereocenters. The number of aliphatic hydroxyl groups excluding tert-OH is 1. The number of rotatable bonds is 13. The monoisotopic (exact) mass is 658 g/mol. The van der Waals surface area contributed by atoms with Crippen LogP contribution in [0, 0.1) is 11.8 Å². The van der Waals surface area contributed by atoms with Crippen LogP contribution < -0.4 is 30.0 Å². The number of phenols is 1. The summed E-state index contributed by atoms with van der Waals surface area (Å²) in [6.45, 7) is 1.98. The van der Waals surface area contributed by atoms with Crippen LogP contribution in [0.1, 0.15) is 53.7 Å². The SMILES string of the molecule is COCCCC1Oc2ccc(OC)cc2C(OCCC2=CCNC(N)=C2)C1C1COc2c(Cc3cccc(O)c3)cc(OC)cc2C1O. The lowest BCUT2D eigenvalue weighted by atomic mass is 9.72. The van der Waals surface area contributed by atoms with Gasteiger partial charge in [-0.05, 0) is 78.9 Å². The van der Waals surface area contributed by atoms with Crippen molar-refractivity contribution in [2.24, 2.45) is 17.6 Å². The third kappa shape index (κ3) is 7.36. The number of phenolic OH excluding ortho intramolecular Hbond substituents is 1. The van der Waals surface area contributed by atoms with Gasteiger partial charge in [-0.2, -0.15) is 0 Å². The zero-order chi connectivity index (χ0) is 33.6. The van der Waals surface area contributed by atoms with Gasteiger partial charge < -0.3 is 49.7 Å². The Morgan fingerprint density at radius 2 is 1.81 bits per heavy atom. The number of nitrogens with one attached hydrogen (secondary N) is 1. The van der Waals surface area contributed by atoms with Crippen LogP contribution in [-0.2, 0) is 15.9 Å². The van der Waals surface area contributed by atoms with E-state index in [-0.39, 0.29) is 30.3 Å². The highest BCUT2D eigenvalue weighted by Gasteiger charge is 2.48. The number of fused-ring (bicyclic) bond motifs is 2. The van der Waals surface area contributed by atoms with Gasteiger partial charge in [0.15, 0.2) is 0 Å². The van der Waals surface area contributed by atoms with Gasteiger partial charge in [-0.1, -0.05) is 18.2 Å². The number of hydrogen-bond donors (Lipinski definition) is 4. The normalized spacial score (nSPS) is 23.0. The summed E-state index contributed by atoms with van der Waals surface area (Å²) in [7, 11) is 4.95. The maximum Gasteiger partial charge on any atom is 0.128 e. The van der Waals surface area contributed by atoms with E-state index in [0.29, 0.717) is 67.7 Å². The van der Waals surface area contributed by atoms with Gasteiger partial charge in [0, 0.05) is 55.2 Å². The lowest BCUT2D eigenvalue weighted by Gasteiger charge is -2.46. The van der Waals surface area contributed by atoms with Crippen molar-refractivity contribution >= 4 is 0 Å². The molecule has 3 aromatic carbocycles. The fourth-order valence-electron chi connectivity index (χ4n) is 7.13. The topological polar surface area (TPSA) is 134 Å². The standard InChI is InChI=1S/C38H46N2O8/c1-43-14-5-8-33-35(38(29-20-27(44-2)9-10-32(29)48-33)46-15-12-23-11-13-40-34(39)18-23)31-22-47-37-25(16-24-6-4-7-26(41)17-24)19-28(45-3)21-30(37)36(31)42/h4,6-7,9-11,17-21,31,33,35-36,38,40-42H,5,8,12-16,22,39H2,1-3H3. The summed E-state index contributed by atoms with van der Waals surface area (Å²) in [5.74, 6) is 2.90. The van der Waals surface area contributed by atoms with Crippen molar-refractivity contribution in [1.82, 2.24) is 5.32 Å². The first-order valence-corrected chi connectivity index (χ1v) is 16.5. The van der Waals surface area contributed by atoms with Gasteiger partial charge in [0.1, 0.15) is 34.9 Å². The molecule has 0 spiro atoms. The molecule has 0 aromatic heterocycles. The number of benzene rings is 3. The summed E-state index contributed by atoms with van der Waals surface area (Å²) in [4.78, 5) is 0. The molecule has 0 bridgehead atoms. The van der Waals surface area contributed by atoms with Gasteiger partial charge in [0.05, 0.1) is 45.5 Å². The molecule has 3 aromatic rings. The molecule has 10 nitrogen and oxygen atoms in total. The molecular formula is C38H46N2O8. The van der Waals surface area contributed by atoms with Crippen LogP contribution in [0.2, 0.25) is 0 Å². The summed E-state index contributed by atoms with van der Waals surface area (Å²) in [6.07, 6.45) is 5.14. The van der Waals surface area contributed by atoms with Crippen molar-refractivity contribution in [3.05, 3.63) is 100 Å². The number of hydrogen-bond acceptors (Lipinski definition) is 10. The summed E-state index contributed by atoms with van der Waals surface area (Å²) < 4.78 is 36.9. The molecule has 0 radical (unpaired) electrons. The van der Waals surface area contributed by atoms with Crippen LogP contribution in [0.25, 0.3) is 0 Å². The van der Waals surface area contributed by atoms with Gasteiger partial charge in [0.25, 0.3) is 0 Å². The third-order valence-corrected chi connectivity index (χ3v) is 9.46. The molecule has 5 N–H and O–H groups in total. The van der Waals surface area contributed by atoms with E-state index in [9.17, 15) is 10.2 Å². The summed E-state index contributed by atoms with van der Waals surface area (Å²) >= 11 is 0. The van der Waals surface area contributed by atoms with Crippen molar-refractivity contribution in [1.29, 1.82) is 0 Å². The third-order valence-electron chi connectivity index (χ3n) is 9.46. The largest absolute Gasteiger partial charge is 0.508 e. The first-order valence-electron chi connectivity index (χ1n) is 16.5. The summed E-state index contributed by atoms with van der Waals surface area (Å²) in [5, 5.41) is 25.5. The fourth-order valence-corrected chi connectivity index (χ4v) is 7.13. The summed E-state index contributed by atoms with van der Waals surface area (Å²) in [6, 6.07) is 16.7. The van der Waals surface area contributed by atoms with Gasteiger partial charge in [0.2, 0.25) is 0 Å². The minimum atomic E-state index is -0.890. The molecule has 0 aliphatic carbocycles. The number of dihydropyridines is 1. The predicted molar refractivity (Wildman–Crippen MR) is 182 cm³/mol. The highest BCUT2D eigenvalue weighted by molar-refractivity contribution is 5.52. The van der Waals surface area contributed by atoms with E-state index in [0.717, 1.165) is 34.4 Å². The van der Waals surface area contributed by atoms with Gasteiger partial charge >= 0.3 is 0 Å². The highest BCUT2D eigenvalue weighted by Crippen LogP contribution is 2.52. The lowest BCUT2D eigenvalue weighted by molar-refractivity contribution is -0.112. The Kier molecular flexibility index (Phi) is 10.6. The Hall–Kier alpha value is -4.38. The molecule has 6 rings (SSSR count). The van der Waals surface area contributed by atoms with E-state index >= 15 is 0 Å². The summed E-state index contributed by atoms with van der Waals surface area (Å²) in [5.41, 5.74) is 10.5. The zero-order valence-corrected chi connectivity index (χ0v) is 27.8. The van der Waals surface area contributed by atoms with E-state index in [1.165, 1.54) is 0 Å². The molecule has 3 aliphatic rings. The molecule has 10 heteroatoms. The molecule has 256 valence electrons. The van der Waals surface area contributed by atoms with Gasteiger partial charge in [-0.3, -0.25) is 0 Å². The Bertz CT molecular complexity index is 1640. The quantitative estimate of drug-likeness (QED) is 0.179. The van der Waals surface area contributed by atoms with Crippen molar-refractivity contribution in [2.75, 3.05) is 47.7 Å². The van der Waals surface area contributed by atoms with Crippen LogP contribution in [0.3, 0.4) is 0 Å². The number of allylic oxidation sites excluding steroid dienone is 1. The van der Waals surface area contributed by atoms with Crippen LogP contribution in [-0.4, -0.2) is 64.0 Å². The molecular weight excluding hydrogens is 612 g/mol. The van der Waals surface area contributed by atoms with Gasteiger partial charge in [-0.15, -0.1) is 0 Å². The van der Waals surface area contributed by atoms with E-state index in [1.54, 1.807) is 33.5 Å². The molecule has 3 aliphatic heterocycles. The molecule has 0 saturated carbocycles. The zero-order valence-electron chi connectivity index (χ0n) is 27.8. The number of ether oxygens (including phenoxy) is 6. The van der Waals surface area contributed by atoms with Crippen molar-refractivity contribution in [3.63, 3.8) is 0 Å². The fraction of sp³-hybridized carbons (Fsp3) is 0.421. The van der Waals surface area contributed by atoms with Crippen molar-refractivity contribution in [2.45, 2.75) is 44.0 Å². The molecule has 48 heavy (non-hydrogen) atoms. The van der Waals surface area contributed by atoms with Crippen molar-refractivity contribution in [3.8, 4) is 28.7 Å². The maximum absolute atomic E-state index is 12.3. The van der Waals surface area contributed by atoms with E-state index in [4.69, 9.17) is 34.2 Å². The smallest absolute Gasteiger partial charge is 0.128 e. The Morgan fingerprint density at radius 3 is 2.58 bits per heavy atom. The molecule has 0 saturated heterocycles. The van der Waals surface area contributed by atoms with E-state index < -0.39 is 12.2 Å². The van der Waals surface area contributed by atoms with Crippen LogP contribution in [0.4, 0.5) is 0 Å². The number of aromatic hydroxyl groups is 1. The number of aliphatic hydroxyl groups is 1. The Morgan fingerprint density at radius 1 is 0.979 bits per heavy atom. The Balaban J connectivity index is 1.36. The second-order valence-corrected chi connectivity index (χ2v) is 12.5. The number of nitrogens with two attached hydrogens (primary N) is 1. The van der Waals surface area contributed by atoms with Crippen LogP contribution in [0.5, 0.6) is 28.7 Å². The number of methoxy groups -OCH3 is 3. The van der Waals surface area contributed by atoms with Crippen LogP contribution >= 0.6 is 0 Å². The second-order valence-electron chi connectivity index (χ2n) is 12.5. The first kappa shape index (κ1) is 33.5.